The summed E-state index contributed by atoms with van der Waals surface area (Å²) in [6.07, 6.45) is 4.96. The summed E-state index contributed by atoms with van der Waals surface area (Å²) >= 11 is 0. The summed E-state index contributed by atoms with van der Waals surface area (Å²) in [6.45, 7) is 5.65. The highest BCUT2D eigenvalue weighted by molar-refractivity contribution is 5.98. The van der Waals surface area contributed by atoms with Gasteiger partial charge >= 0.3 is 0 Å². The Kier molecular flexibility index (Phi) is 9.43. The fraction of sp³-hybridized carbons (Fsp3) is 0.632. The largest absolute Gasteiger partial charge is 0.376 e. The summed E-state index contributed by atoms with van der Waals surface area (Å²) in [5, 5.41) is 2.96. The summed E-state index contributed by atoms with van der Waals surface area (Å²) in [5.41, 5.74) is 7.35. The molecule has 3 N–H and O–H groups in total. The first-order chi connectivity index (χ1) is 11.5. The van der Waals surface area contributed by atoms with Gasteiger partial charge in [-0.1, -0.05) is 31.4 Å². The number of carbonyl (C=O) groups excluding carboxylic acids is 1. The Labute approximate surface area is 157 Å². The maximum absolute atomic E-state index is 12.5. The van der Waals surface area contributed by atoms with E-state index in [4.69, 9.17) is 15.2 Å². The van der Waals surface area contributed by atoms with Crippen molar-refractivity contribution in [2.24, 2.45) is 5.73 Å². The van der Waals surface area contributed by atoms with E-state index >= 15 is 0 Å². The first-order valence-corrected chi connectivity index (χ1v) is 8.88. The summed E-state index contributed by atoms with van der Waals surface area (Å²) < 4.78 is 11.0. The third-order valence-electron chi connectivity index (χ3n) is 4.33. The van der Waals surface area contributed by atoms with E-state index in [1.54, 1.807) is 0 Å². The molecular weight excluding hydrogens is 340 g/mol. The van der Waals surface area contributed by atoms with Crippen molar-refractivity contribution < 1.29 is 14.3 Å². The molecule has 0 atom stereocenters. The molecule has 6 heteroatoms. The lowest BCUT2D eigenvalue weighted by molar-refractivity contribution is -0.122. The second-order valence-corrected chi connectivity index (χ2v) is 6.84. The number of ether oxygens (including phenoxy) is 2. The molecule has 0 aliphatic heterocycles. The van der Waals surface area contributed by atoms with Crippen molar-refractivity contribution in [3.05, 3.63) is 29.8 Å². The van der Waals surface area contributed by atoms with Gasteiger partial charge in [-0.15, -0.1) is 12.4 Å². The molecule has 0 radical (unpaired) electrons. The van der Waals surface area contributed by atoms with E-state index in [0.717, 1.165) is 36.9 Å². The minimum Gasteiger partial charge on any atom is -0.376 e. The fourth-order valence-corrected chi connectivity index (χ4v) is 2.94. The molecule has 5 nitrogen and oxygen atoms in total. The molecule has 1 fully saturated rings. The molecule has 1 aromatic carbocycles. The maximum Gasteiger partial charge on any atom is 0.244 e. The number of amides is 1. The standard InChI is InChI=1S/C19H30N2O3.ClH/c1-15(2)24-12-11-23-14-16-7-6-8-17(13-16)21-18(22)19(20)9-4-3-5-10-19;/h6-8,13,15H,3-5,9-12,14,20H2,1-2H3,(H,21,22);1H. The summed E-state index contributed by atoms with van der Waals surface area (Å²) in [5.74, 6) is -0.0781. The van der Waals surface area contributed by atoms with Crippen LogP contribution in [-0.4, -0.2) is 30.8 Å². The van der Waals surface area contributed by atoms with Gasteiger partial charge in [-0.2, -0.15) is 0 Å². The fourth-order valence-electron chi connectivity index (χ4n) is 2.94. The van der Waals surface area contributed by atoms with Gasteiger partial charge in [-0.05, 0) is 44.4 Å². The van der Waals surface area contributed by atoms with E-state index in [1.165, 1.54) is 6.42 Å². The number of hydrogen-bond acceptors (Lipinski definition) is 4. The first kappa shape index (κ1) is 21.9. The molecule has 142 valence electrons. The number of benzene rings is 1. The highest BCUT2D eigenvalue weighted by atomic mass is 35.5. The van der Waals surface area contributed by atoms with Gasteiger partial charge in [0.05, 0.1) is 31.5 Å². The quantitative estimate of drug-likeness (QED) is 0.685. The van der Waals surface area contributed by atoms with Crippen molar-refractivity contribution in [3.8, 4) is 0 Å². The molecule has 1 aromatic rings. The Bertz CT molecular complexity index is 531. The summed E-state index contributed by atoms with van der Waals surface area (Å²) in [7, 11) is 0. The molecule has 2 rings (SSSR count). The zero-order valence-electron chi connectivity index (χ0n) is 15.3. The van der Waals surface area contributed by atoms with Crippen LogP contribution in [0.2, 0.25) is 0 Å². The van der Waals surface area contributed by atoms with E-state index in [-0.39, 0.29) is 24.4 Å². The highest BCUT2D eigenvalue weighted by Crippen LogP contribution is 2.27. The van der Waals surface area contributed by atoms with Crippen LogP contribution < -0.4 is 11.1 Å². The SMILES string of the molecule is CC(C)OCCOCc1cccc(NC(=O)C2(N)CCCCC2)c1.Cl. The summed E-state index contributed by atoms with van der Waals surface area (Å²) in [4.78, 5) is 12.5. The lowest BCUT2D eigenvalue weighted by atomic mass is 9.82. The normalized spacial score (nSPS) is 16.3. The van der Waals surface area contributed by atoms with Gasteiger partial charge in [-0.25, -0.2) is 0 Å². The predicted molar refractivity (Wildman–Crippen MR) is 103 cm³/mol. The third-order valence-corrected chi connectivity index (χ3v) is 4.33. The number of anilines is 1. The van der Waals surface area contributed by atoms with E-state index in [2.05, 4.69) is 5.32 Å². The topological polar surface area (TPSA) is 73.6 Å². The third kappa shape index (κ3) is 7.32. The van der Waals surface area contributed by atoms with Crippen LogP contribution in [0.4, 0.5) is 5.69 Å². The van der Waals surface area contributed by atoms with Crippen LogP contribution in [0.1, 0.15) is 51.5 Å². The number of nitrogens with one attached hydrogen (secondary N) is 1. The molecule has 1 amide bonds. The number of hydrogen-bond donors (Lipinski definition) is 2. The second kappa shape index (κ2) is 10.8. The Morgan fingerprint density at radius 3 is 2.64 bits per heavy atom. The molecule has 1 aliphatic carbocycles. The molecular formula is C19H31ClN2O3. The number of carbonyl (C=O) groups is 1. The zero-order valence-corrected chi connectivity index (χ0v) is 16.1. The van der Waals surface area contributed by atoms with Crippen LogP contribution in [0, 0.1) is 0 Å². The highest BCUT2D eigenvalue weighted by Gasteiger charge is 2.35. The van der Waals surface area contributed by atoms with Crippen molar-refractivity contribution in [1.29, 1.82) is 0 Å². The van der Waals surface area contributed by atoms with E-state index in [0.29, 0.717) is 19.8 Å². The Morgan fingerprint density at radius 2 is 1.96 bits per heavy atom. The van der Waals surface area contributed by atoms with Gasteiger partial charge in [0.25, 0.3) is 0 Å². The van der Waals surface area contributed by atoms with Crippen LogP contribution in [-0.2, 0) is 20.9 Å². The van der Waals surface area contributed by atoms with Crippen LogP contribution in [0.25, 0.3) is 0 Å². The van der Waals surface area contributed by atoms with Gasteiger partial charge in [0, 0.05) is 5.69 Å². The average molecular weight is 371 g/mol. The molecule has 1 aliphatic rings. The summed E-state index contributed by atoms with van der Waals surface area (Å²) in [6, 6.07) is 7.73. The molecule has 0 heterocycles. The van der Waals surface area contributed by atoms with Crippen molar-refractivity contribution in [2.75, 3.05) is 18.5 Å². The van der Waals surface area contributed by atoms with E-state index in [9.17, 15) is 4.79 Å². The van der Waals surface area contributed by atoms with Crippen LogP contribution in [0.3, 0.4) is 0 Å². The van der Waals surface area contributed by atoms with Crippen LogP contribution in [0.5, 0.6) is 0 Å². The van der Waals surface area contributed by atoms with Gasteiger partial charge in [-0.3, -0.25) is 4.79 Å². The molecule has 0 unspecified atom stereocenters. The van der Waals surface area contributed by atoms with Gasteiger partial charge in [0.15, 0.2) is 0 Å². The Morgan fingerprint density at radius 1 is 1.24 bits per heavy atom. The Balaban J connectivity index is 0.00000312. The lowest BCUT2D eigenvalue weighted by Crippen LogP contribution is -2.52. The van der Waals surface area contributed by atoms with Crippen molar-refractivity contribution in [2.45, 2.75) is 64.2 Å². The van der Waals surface area contributed by atoms with E-state index in [1.807, 2.05) is 38.1 Å². The van der Waals surface area contributed by atoms with Gasteiger partial charge in [0.1, 0.15) is 0 Å². The lowest BCUT2D eigenvalue weighted by Gasteiger charge is -2.31. The van der Waals surface area contributed by atoms with Crippen LogP contribution in [0.15, 0.2) is 24.3 Å². The van der Waals surface area contributed by atoms with Crippen molar-refractivity contribution in [3.63, 3.8) is 0 Å². The zero-order chi connectivity index (χ0) is 17.4. The minimum absolute atomic E-state index is 0. The smallest absolute Gasteiger partial charge is 0.244 e. The van der Waals surface area contributed by atoms with Crippen molar-refractivity contribution in [1.82, 2.24) is 0 Å². The Hall–Kier alpha value is -1.14. The number of rotatable bonds is 8. The van der Waals surface area contributed by atoms with Gasteiger partial charge < -0.3 is 20.5 Å². The minimum atomic E-state index is -0.723. The number of halogens is 1. The monoisotopic (exact) mass is 370 g/mol. The first-order valence-electron chi connectivity index (χ1n) is 8.88. The van der Waals surface area contributed by atoms with E-state index < -0.39 is 5.54 Å². The predicted octanol–water partition coefficient (Wildman–Crippen LogP) is 3.65. The van der Waals surface area contributed by atoms with Crippen molar-refractivity contribution >= 4 is 24.0 Å². The molecule has 0 aromatic heterocycles. The number of nitrogens with two attached hydrogens (primary N) is 1. The second-order valence-electron chi connectivity index (χ2n) is 6.84. The van der Waals surface area contributed by atoms with Gasteiger partial charge in [0.2, 0.25) is 5.91 Å². The molecule has 0 saturated heterocycles. The van der Waals surface area contributed by atoms with Crippen LogP contribution >= 0.6 is 12.4 Å². The molecule has 0 bridgehead atoms. The molecule has 0 spiro atoms. The molecule has 25 heavy (non-hydrogen) atoms. The average Bonchev–Trinajstić information content (AvgIpc) is 2.55. The maximum atomic E-state index is 12.5. The molecule has 1 saturated carbocycles.